The highest BCUT2D eigenvalue weighted by molar-refractivity contribution is 7.87. The lowest BCUT2D eigenvalue weighted by Crippen LogP contribution is -2.20. The Labute approximate surface area is 71.1 Å². The summed E-state index contributed by atoms with van der Waals surface area (Å²) in [6.45, 7) is 3.00. The van der Waals surface area contributed by atoms with Gasteiger partial charge >= 0.3 is 0 Å². The molecule has 0 aromatic carbocycles. The van der Waals surface area contributed by atoms with E-state index in [-0.39, 0.29) is 0 Å². The Balaban J connectivity index is 4.16. The summed E-state index contributed by atoms with van der Waals surface area (Å²) >= 11 is 0. The Morgan fingerprint density at radius 3 is 1.83 bits per heavy atom. The summed E-state index contributed by atoms with van der Waals surface area (Å²) in [6, 6.07) is 0. The maximum Gasteiger partial charge on any atom is 0.267 e. The second-order valence-electron chi connectivity index (χ2n) is 2.21. The van der Waals surface area contributed by atoms with Crippen molar-refractivity contribution < 1.29 is 25.9 Å². The molecular formula is C4H9O6S2. The Morgan fingerprint density at radius 2 is 1.58 bits per heavy atom. The van der Waals surface area contributed by atoms with Gasteiger partial charge in [-0.25, -0.2) is 0 Å². The van der Waals surface area contributed by atoms with Crippen LogP contribution in [0.3, 0.4) is 0 Å². The molecule has 12 heavy (non-hydrogen) atoms. The van der Waals surface area contributed by atoms with Crippen molar-refractivity contribution in [3.63, 3.8) is 0 Å². The topological polar surface area (TPSA) is 109 Å². The monoisotopic (exact) mass is 217 g/mol. The minimum Gasteiger partial charge on any atom is -0.286 e. The molecule has 0 aliphatic heterocycles. The molecule has 0 spiro atoms. The van der Waals surface area contributed by atoms with Gasteiger partial charge in [-0.2, -0.15) is 16.8 Å². The van der Waals surface area contributed by atoms with Gasteiger partial charge in [-0.3, -0.25) is 9.11 Å². The Kier molecular flexibility index (Phi) is 3.63. The second kappa shape index (κ2) is 3.69. The highest BCUT2D eigenvalue weighted by Crippen LogP contribution is 2.03. The van der Waals surface area contributed by atoms with Crippen LogP contribution < -0.4 is 0 Å². The third kappa shape index (κ3) is 5.47. The Morgan fingerprint density at radius 1 is 1.17 bits per heavy atom. The van der Waals surface area contributed by atoms with Gasteiger partial charge in [0.15, 0.2) is 0 Å². The van der Waals surface area contributed by atoms with Crippen molar-refractivity contribution in [3.05, 3.63) is 6.92 Å². The van der Waals surface area contributed by atoms with E-state index in [1.54, 1.807) is 0 Å². The van der Waals surface area contributed by atoms with E-state index in [4.69, 9.17) is 9.11 Å². The summed E-state index contributed by atoms with van der Waals surface area (Å²) in [6.07, 6.45) is -0.433. The molecule has 0 amide bonds. The molecule has 73 valence electrons. The quantitative estimate of drug-likeness (QED) is 0.606. The van der Waals surface area contributed by atoms with E-state index in [9.17, 15) is 16.8 Å². The smallest absolute Gasteiger partial charge is 0.267 e. The molecule has 0 saturated heterocycles. The van der Waals surface area contributed by atoms with Gasteiger partial charge in [0.1, 0.15) is 0 Å². The van der Waals surface area contributed by atoms with Gasteiger partial charge < -0.3 is 0 Å². The SMILES string of the molecule is [CH2]C(CCS(=O)(=O)O)S(=O)(=O)O. The van der Waals surface area contributed by atoms with Crippen molar-refractivity contribution in [1.82, 2.24) is 0 Å². The molecule has 0 rings (SSSR count). The summed E-state index contributed by atoms with van der Waals surface area (Å²) in [5, 5.41) is -1.43. The lowest BCUT2D eigenvalue weighted by Gasteiger charge is -2.04. The summed E-state index contributed by atoms with van der Waals surface area (Å²) in [4.78, 5) is 0. The standard InChI is InChI=1S/C4H9O6S2/c1-4(12(8,9)10)2-3-11(5,6)7/h4H,1-3H2,(H,5,6,7)(H,8,9,10). The van der Waals surface area contributed by atoms with E-state index >= 15 is 0 Å². The molecule has 0 saturated carbocycles. The number of hydrogen-bond acceptors (Lipinski definition) is 4. The number of rotatable bonds is 4. The Bertz CT molecular complexity index is 325. The van der Waals surface area contributed by atoms with Crippen LogP contribution in [-0.2, 0) is 20.2 Å². The Hall–Kier alpha value is -0.180. The van der Waals surface area contributed by atoms with Crippen LogP contribution in [0.4, 0.5) is 0 Å². The second-order valence-corrected chi connectivity index (χ2v) is 5.48. The van der Waals surface area contributed by atoms with Crippen LogP contribution in [0.15, 0.2) is 0 Å². The molecule has 0 aromatic heterocycles. The largest absolute Gasteiger partial charge is 0.286 e. The van der Waals surface area contributed by atoms with Crippen molar-refractivity contribution in [1.29, 1.82) is 0 Å². The average molecular weight is 217 g/mol. The van der Waals surface area contributed by atoms with Crippen molar-refractivity contribution in [3.8, 4) is 0 Å². The highest BCUT2D eigenvalue weighted by Gasteiger charge is 2.19. The van der Waals surface area contributed by atoms with Crippen molar-refractivity contribution in [2.45, 2.75) is 11.7 Å². The number of hydrogen-bond donors (Lipinski definition) is 2. The summed E-state index contributed by atoms with van der Waals surface area (Å²) < 4.78 is 57.3. The molecule has 1 unspecified atom stereocenters. The van der Waals surface area contributed by atoms with E-state index in [0.29, 0.717) is 0 Å². The van der Waals surface area contributed by atoms with Crippen LogP contribution >= 0.6 is 0 Å². The maximum atomic E-state index is 10.3. The first-order chi connectivity index (χ1) is 5.13. The first-order valence-electron chi connectivity index (χ1n) is 2.87. The average Bonchev–Trinajstić information content (AvgIpc) is 1.78. The lowest BCUT2D eigenvalue weighted by molar-refractivity contribution is 0.468. The van der Waals surface area contributed by atoms with Gasteiger partial charge in [-0.1, -0.05) is 0 Å². The van der Waals surface area contributed by atoms with E-state index in [2.05, 4.69) is 6.92 Å². The van der Waals surface area contributed by atoms with E-state index in [1.165, 1.54) is 0 Å². The normalized spacial score (nSPS) is 15.9. The lowest BCUT2D eigenvalue weighted by atomic mass is 10.4. The van der Waals surface area contributed by atoms with Gasteiger partial charge in [0.05, 0.1) is 11.0 Å². The molecule has 1 radical (unpaired) electrons. The molecule has 0 bridgehead atoms. The molecule has 2 N–H and O–H groups in total. The van der Waals surface area contributed by atoms with Gasteiger partial charge in [-0.05, 0) is 13.3 Å². The van der Waals surface area contributed by atoms with Crippen LogP contribution in [0.2, 0.25) is 0 Å². The van der Waals surface area contributed by atoms with Crippen LogP contribution in [0.1, 0.15) is 6.42 Å². The van der Waals surface area contributed by atoms with Gasteiger partial charge in [0, 0.05) is 0 Å². The maximum absolute atomic E-state index is 10.3. The van der Waals surface area contributed by atoms with Crippen molar-refractivity contribution >= 4 is 20.2 Å². The third-order valence-corrected chi connectivity index (χ3v) is 2.95. The van der Waals surface area contributed by atoms with Gasteiger partial charge in [0.2, 0.25) is 0 Å². The van der Waals surface area contributed by atoms with E-state index < -0.39 is 37.7 Å². The molecule has 0 aliphatic carbocycles. The zero-order chi connectivity index (χ0) is 9.99. The summed E-state index contributed by atoms with van der Waals surface area (Å²) in [5.74, 6) is -0.735. The van der Waals surface area contributed by atoms with Crippen molar-refractivity contribution in [2.24, 2.45) is 0 Å². The summed E-state index contributed by atoms with van der Waals surface area (Å²) in [5.41, 5.74) is 0. The minimum atomic E-state index is -4.31. The zero-order valence-corrected chi connectivity index (χ0v) is 7.68. The van der Waals surface area contributed by atoms with Gasteiger partial charge in [0.25, 0.3) is 20.2 Å². The molecule has 6 nitrogen and oxygen atoms in total. The van der Waals surface area contributed by atoms with E-state index in [1.807, 2.05) is 0 Å². The minimum absolute atomic E-state index is 0.433. The molecule has 0 aromatic rings. The first-order valence-corrected chi connectivity index (χ1v) is 5.99. The van der Waals surface area contributed by atoms with E-state index in [0.717, 1.165) is 0 Å². The zero-order valence-electron chi connectivity index (χ0n) is 6.04. The predicted molar refractivity (Wildman–Crippen MR) is 41.7 cm³/mol. The molecular weight excluding hydrogens is 208 g/mol. The van der Waals surface area contributed by atoms with Crippen LogP contribution in [-0.4, -0.2) is 36.9 Å². The van der Waals surface area contributed by atoms with Crippen LogP contribution in [0, 0.1) is 6.92 Å². The van der Waals surface area contributed by atoms with Crippen LogP contribution in [0.25, 0.3) is 0 Å². The molecule has 0 heterocycles. The van der Waals surface area contributed by atoms with Crippen LogP contribution in [0.5, 0.6) is 0 Å². The third-order valence-electron chi connectivity index (χ3n) is 1.12. The first kappa shape index (κ1) is 11.8. The fourth-order valence-electron chi connectivity index (χ4n) is 0.429. The molecule has 8 heteroatoms. The fraction of sp³-hybridized carbons (Fsp3) is 0.750. The molecule has 1 atom stereocenters. The molecule has 0 aliphatic rings. The fourth-order valence-corrected chi connectivity index (χ4v) is 1.58. The van der Waals surface area contributed by atoms with Crippen molar-refractivity contribution in [2.75, 3.05) is 5.75 Å². The summed E-state index contributed by atoms with van der Waals surface area (Å²) in [7, 11) is -8.51. The predicted octanol–water partition coefficient (Wildman–Crippen LogP) is -0.645. The van der Waals surface area contributed by atoms with Gasteiger partial charge in [-0.15, -0.1) is 0 Å². The highest BCUT2D eigenvalue weighted by atomic mass is 32.2. The molecule has 0 fully saturated rings.